The van der Waals surface area contributed by atoms with E-state index in [2.05, 4.69) is 188 Å². The Balaban J connectivity index is 1.46. The zero-order chi connectivity index (χ0) is 38.6. The molecule has 3 heteroatoms. The fraction of sp³-hybridized carbons (Fsp3) is 0.231. The molecule has 0 fully saturated rings. The van der Waals surface area contributed by atoms with E-state index in [4.69, 9.17) is 9.97 Å². The molecule has 0 N–H and O–H groups in total. The minimum atomic E-state index is 0.496. The summed E-state index contributed by atoms with van der Waals surface area (Å²) in [7, 11) is 0. The maximum atomic E-state index is 5.05. The van der Waals surface area contributed by atoms with Crippen LogP contribution >= 0.6 is 0 Å². The molecule has 0 saturated carbocycles. The predicted octanol–water partition coefficient (Wildman–Crippen LogP) is 14.2. The highest BCUT2D eigenvalue weighted by Gasteiger charge is 2.21. The van der Waals surface area contributed by atoms with Crippen LogP contribution in [0.3, 0.4) is 0 Å². The summed E-state index contributed by atoms with van der Waals surface area (Å²) in [6.45, 7) is 17.9. The average Bonchev–Trinajstić information content (AvgIpc) is 3.17. The fourth-order valence-corrected chi connectivity index (χ4v) is 7.69. The monoisotopic (exact) mass is 719 g/mol. The first-order valence-corrected chi connectivity index (χ1v) is 19.7. The van der Waals surface area contributed by atoms with Crippen molar-refractivity contribution in [1.29, 1.82) is 0 Å². The molecular weight excluding hydrogens is 667 g/mol. The van der Waals surface area contributed by atoms with E-state index >= 15 is 0 Å². The van der Waals surface area contributed by atoms with Gasteiger partial charge in [-0.3, -0.25) is 9.97 Å². The molecule has 55 heavy (non-hydrogen) atoms. The van der Waals surface area contributed by atoms with Gasteiger partial charge in [-0.1, -0.05) is 100 Å². The van der Waals surface area contributed by atoms with Crippen LogP contribution in [0.15, 0.2) is 140 Å². The van der Waals surface area contributed by atoms with E-state index in [1.54, 1.807) is 0 Å². The third-order valence-electron chi connectivity index (χ3n) is 10.3. The number of benzene rings is 5. The molecular formula is C52H53N3. The first-order valence-electron chi connectivity index (χ1n) is 19.7. The summed E-state index contributed by atoms with van der Waals surface area (Å²) in [5, 5.41) is 0. The van der Waals surface area contributed by atoms with Gasteiger partial charge in [0.2, 0.25) is 0 Å². The third-order valence-corrected chi connectivity index (χ3v) is 10.3. The molecule has 276 valence electrons. The van der Waals surface area contributed by atoms with E-state index < -0.39 is 0 Å². The van der Waals surface area contributed by atoms with E-state index in [0.717, 1.165) is 46.7 Å². The second-order valence-electron chi connectivity index (χ2n) is 16.1. The van der Waals surface area contributed by atoms with Crippen LogP contribution in [0, 0.1) is 39.5 Å². The summed E-state index contributed by atoms with van der Waals surface area (Å²) < 4.78 is 0. The van der Waals surface area contributed by atoms with E-state index in [9.17, 15) is 0 Å². The number of pyridine rings is 2. The van der Waals surface area contributed by atoms with Gasteiger partial charge in [-0.2, -0.15) is 0 Å². The van der Waals surface area contributed by atoms with Crippen LogP contribution in [0.4, 0.5) is 17.1 Å². The second kappa shape index (κ2) is 16.3. The lowest BCUT2D eigenvalue weighted by Gasteiger charge is -2.30. The topological polar surface area (TPSA) is 29.0 Å². The van der Waals surface area contributed by atoms with Crippen molar-refractivity contribution in [3.05, 3.63) is 173 Å². The summed E-state index contributed by atoms with van der Waals surface area (Å²) in [6, 6.07) is 46.8. The molecule has 0 aliphatic rings. The Morgan fingerprint density at radius 2 is 0.909 bits per heavy atom. The summed E-state index contributed by atoms with van der Waals surface area (Å²) in [5.74, 6) is 0.992. The molecule has 5 aromatic carbocycles. The van der Waals surface area contributed by atoms with Crippen molar-refractivity contribution < 1.29 is 0 Å². The molecule has 2 heterocycles. The molecule has 0 radical (unpaired) electrons. The van der Waals surface area contributed by atoms with Crippen molar-refractivity contribution in [2.45, 2.75) is 68.2 Å². The largest absolute Gasteiger partial charge is 0.310 e. The standard InChI is InChI=1S/C52H53N3/c1-34(2)21-40-24-44(50-30-48(38(7)32-53-50)42-15-11-9-12-16-42)28-46(26-40)55(52-23-36(5)19-20-37(52)6)47-27-41(22-35(3)4)25-45(29-47)51-31-49(39(8)33-54-51)43-17-13-10-14-18-43/h9-20,23-35H,21-22H2,1-8H3. The van der Waals surface area contributed by atoms with Crippen LogP contribution in [-0.2, 0) is 12.8 Å². The van der Waals surface area contributed by atoms with Gasteiger partial charge in [0.15, 0.2) is 0 Å². The van der Waals surface area contributed by atoms with Crippen molar-refractivity contribution in [3.8, 4) is 44.8 Å². The summed E-state index contributed by atoms with van der Waals surface area (Å²) in [5.41, 5.74) is 19.8. The number of aromatic nitrogens is 2. The Morgan fingerprint density at radius 3 is 1.35 bits per heavy atom. The molecule has 2 aromatic heterocycles. The van der Waals surface area contributed by atoms with Crippen LogP contribution in [0.25, 0.3) is 44.8 Å². The van der Waals surface area contributed by atoms with Gasteiger partial charge in [0.25, 0.3) is 0 Å². The second-order valence-corrected chi connectivity index (χ2v) is 16.1. The molecule has 0 spiro atoms. The van der Waals surface area contributed by atoms with Crippen molar-refractivity contribution in [2.75, 3.05) is 4.90 Å². The molecule has 0 atom stereocenters. The summed E-state index contributed by atoms with van der Waals surface area (Å²) in [6.07, 6.45) is 5.98. The molecule has 7 aromatic rings. The molecule has 0 aliphatic carbocycles. The molecule has 0 bridgehead atoms. The highest BCUT2D eigenvalue weighted by molar-refractivity contribution is 5.85. The Kier molecular flexibility index (Phi) is 11.1. The number of anilines is 3. The number of rotatable bonds is 11. The first kappa shape index (κ1) is 37.5. The fourth-order valence-electron chi connectivity index (χ4n) is 7.69. The van der Waals surface area contributed by atoms with Crippen molar-refractivity contribution in [2.24, 2.45) is 11.8 Å². The normalized spacial score (nSPS) is 11.4. The zero-order valence-electron chi connectivity index (χ0n) is 33.7. The Labute approximate surface area is 328 Å². The Hall–Kier alpha value is -5.80. The number of hydrogen-bond acceptors (Lipinski definition) is 3. The smallest absolute Gasteiger partial charge is 0.0709 e. The van der Waals surface area contributed by atoms with E-state index in [0.29, 0.717) is 11.8 Å². The van der Waals surface area contributed by atoms with Crippen molar-refractivity contribution in [1.82, 2.24) is 9.97 Å². The van der Waals surface area contributed by atoms with Gasteiger partial charge in [-0.25, -0.2) is 0 Å². The maximum absolute atomic E-state index is 5.05. The lowest BCUT2D eigenvalue weighted by atomic mass is 9.94. The molecule has 7 rings (SSSR count). The van der Waals surface area contributed by atoms with Crippen molar-refractivity contribution in [3.63, 3.8) is 0 Å². The van der Waals surface area contributed by atoms with Crippen LogP contribution in [0.5, 0.6) is 0 Å². The molecule has 0 aliphatic heterocycles. The Morgan fingerprint density at radius 1 is 0.455 bits per heavy atom. The van der Waals surface area contributed by atoms with Gasteiger partial charge in [0.1, 0.15) is 0 Å². The highest BCUT2D eigenvalue weighted by atomic mass is 15.1. The van der Waals surface area contributed by atoms with Gasteiger partial charge in [0.05, 0.1) is 11.4 Å². The van der Waals surface area contributed by atoms with Crippen LogP contribution < -0.4 is 4.90 Å². The molecule has 3 nitrogen and oxygen atoms in total. The van der Waals surface area contributed by atoms with Crippen molar-refractivity contribution >= 4 is 17.1 Å². The molecule has 0 amide bonds. The van der Waals surface area contributed by atoms with Crippen LogP contribution in [0.1, 0.15) is 61.1 Å². The maximum Gasteiger partial charge on any atom is 0.0709 e. The zero-order valence-corrected chi connectivity index (χ0v) is 33.7. The van der Waals surface area contributed by atoms with Crippen LogP contribution in [0.2, 0.25) is 0 Å². The minimum absolute atomic E-state index is 0.496. The third kappa shape index (κ3) is 8.63. The van der Waals surface area contributed by atoms with E-state index in [1.165, 1.54) is 61.3 Å². The predicted molar refractivity (Wildman–Crippen MR) is 234 cm³/mol. The van der Waals surface area contributed by atoms with Gasteiger partial charge >= 0.3 is 0 Å². The summed E-state index contributed by atoms with van der Waals surface area (Å²) in [4.78, 5) is 12.6. The van der Waals surface area contributed by atoms with Gasteiger partial charge in [0, 0.05) is 40.6 Å². The average molecular weight is 720 g/mol. The SMILES string of the molecule is Cc1ccc(C)c(N(c2cc(CC(C)C)cc(-c3cc(-c4ccccc4)c(C)cn3)c2)c2cc(CC(C)C)cc(-c3cc(-c4ccccc4)c(C)cn3)c2)c1. The van der Waals surface area contributed by atoms with Gasteiger partial charge in [-0.05, 0) is 163 Å². The van der Waals surface area contributed by atoms with E-state index in [-0.39, 0.29) is 0 Å². The van der Waals surface area contributed by atoms with Gasteiger partial charge < -0.3 is 4.90 Å². The number of nitrogens with zero attached hydrogens (tertiary/aromatic N) is 3. The van der Waals surface area contributed by atoms with E-state index in [1.807, 2.05) is 12.4 Å². The van der Waals surface area contributed by atoms with Crippen LogP contribution in [-0.4, -0.2) is 9.97 Å². The molecule has 0 saturated heterocycles. The minimum Gasteiger partial charge on any atom is -0.310 e. The quantitative estimate of drug-likeness (QED) is 0.133. The number of hydrogen-bond donors (Lipinski definition) is 0. The lowest BCUT2D eigenvalue weighted by molar-refractivity contribution is 0.647. The first-order chi connectivity index (χ1) is 26.5. The Bertz CT molecular complexity index is 2280. The molecule has 0 unspecified atom stereocenters. The number of aryl methyl sites for hydroxylation is 4. The van der Waals surface area contributed by atoms with Gasteiger partial charge in [-0.15, -0.1) is 0 Å². The highest BCUT2D eigenvalue weighted by Crippen LogP contribution is 2.42. The summed E-state index contributed by atoms with van der Waals surface area (Å²) >= 11 is 0. The lowest BCUT2D eigenvalue weighted by Crippen LogP contribution is -2.13.